The van der Waals surface area contributed by atoms with Crippen molar-refractivity contribution in [2.75, 3.05) is 55.4 Å². The molecule has 8 heteroatoms. The Morgan fingerprint density at radius 1 is 1.00 bits per heavy atom. The summed E-state index contributed by atoms with van der Waals surface area (Å²) >= 11 is 1.91. The summed E-state index contributed by atoms with van der Waals surface area (Å²) in [6, 6.07) is 25.0. The molecule has 1 saturated heterocycles. The maximum absolute atomic E-state index is 13.2. The largest absolute Gasteiger partial charge is 0.379 e. The summed E-state index contributed by atoms with van der Waals surface area (Å²) in [4.78, 5) is 22.6. The van der Waals surface area contributed by atoms with E-state index in [1.54, 1.807) is 0 Å². The van der Waals surface area contributed by atoms with Crippen LogP contribution in [-0.4, -0.2) is 61.1 Å². The zero-order chi connectivity index (χ0) is 26.4. The molecule has 2 aliphatic heterocycles. The van der Waals surface area contributed by atoms with Crippen LogP contribution in [-0.2, 0) is 11.3 Å². The van der Waals surface area contributed by atoms with Crippen LogP contribution in [0.5, 0.6) is 0 Å². The molecule has 1 fully saturated rings. The molecular formula is C31H35N5O2S. The van der Waals surface area contributed by atoms with Crippen LogP contribution in [0.1, 0.15) is 23.6 Å². The van der Waals surface area contributed by atoms with Crippen molar-refractivity contribution in [3.63, 3.8) is 0 Å². The highest BCUT2D eigenvalue weighted by atomic mass is 32.2. The number of anilines is 2. The number of benzene rings is 3. The Morgan fingerprint density at radius 2 is 1.87 bits per heavy atom. The first-order valence-corrected chi connectivity index (χ1v) is 14.7. The molecule has 0 aliphatic carbocycles. The number of carbonyl (C=O) groups excluding carboxylic acids is 1. The molecule has 2 amide bonds. The van der Waals surface area contributed by atoms with Gasteiger partial charge in [-0.3, -0.25) is 4.90 Å². The smallest absolute Gasteiger partial charge is 0.319 e. The summed E-state index contributed by atoms with van der Waals surface area (Å²) in [5, 5.41) is 7.46. The molecule has 4 aromatic rings. The van der Waals surface area contributed by atoms with E-state index in [1.807, 2.05) is 42.2 Å². The van der Waals surface area contributed by atoms with Crippen molar-refractivity contribution in [1.29, 1.82) is 0 Å². The van der Waals surface area contributed by atoms with Gasteiger partial charge in [-0.15, -0.1) is 11.8 Å². The predicted octanol–water partition coefficient (Wildman–Crippen LogP) is 5.87. The van der Waals surface area contributed by atoms with Gasteiger partial charge in [0.05, 0.1) is 24.9 Å². The molecule has 7 nitrogen and oxygen atoms in total. The normalized spacial score (nSPS) is 16.6. The van der Waals surface area contributed by atoms with Crippen LogP contribution >= 0.6 is 11.8 Å². The highest BCUT2D eigenvalue weighted by Crippen LogP contribution is 2.38. The van der Waals surface area contributed by atoms with Gasteiger partial charge in [0.2, 0.25) is 0 Å². The van der Waals surface area contributed by atoms with Crippen molar-refractivity contribution in [3.8, 4) is 0 Å². The van der Waals surface area contributed by atoms with Crippen LogP contribution in [0.15, 0.2) is 83.9 Å². The van der Waals surface area contributed by atoms with E-state index >= 15 is 0 Å². The molecule has 1 unspecified atom stereocenters. The molecule has 3 N–H and O–H groups in total. The van der Waals surface area contributed by atoms with Crippen LogP contribution in [0.25, 0.3) is 10.9 Å². The number of thioether (sulfide) groups is 1. The summed E-state index contributed by atoms with van der Waals surface area (Å²) < 4.78 is 5.54. The average Bonchev–Trinajstić information content (AvgIpc) is 3.44. The van der Waals surface area contributed by atoms with E-state index in [4.69, 9.17) is 4.74 Å². The summed E-state index contributed by atoms with van der Waals surface area (Å²) in [6.45, 7) is 6.19. The van der Waals surface area contributed by atoms with Crippen molar-refractivity contribution in [3.05, 3.63) is 90.1 Å². The molecule has 3 heterocycles. The van der Waals surface area contributed by atoms with Crippen LogP contribution in [0, 0.1) is 0 Å². The van der Waals surface area contributed by atoms with Crippen LogP contribution in [0.3, 0.4) is 0 Å². The van der Waals surface area contributed by atoms with Gasteiger partial charge in [0.15, 0.2) is 0 Å². The van der Waals surface area contributed by atoms with Crippen LogP contribution in [0.4, 0.5) is 16.2 Å². The van der Waals surface area contributed by atoms with E-state index < -0.39 is 0 Å². The molecule has 6 rings (SSSR count). The average molecular weight is 542 g/mol. The van der Waals surface area contributed by atoms with Crippen molar-refractivity contribution >= 4 is 40.1 Å². The summed E-state index contributed by atoms with van der Waals surface area (Å²) in [5.41, 5.74) is 5.47. The number of nitrogens with zero attached hydrogens (tertiary/aromatic N) is 2. The third-order valence-corrected chi connectivity index (χ3v) is 8.56. The number of nitrogens with one attached hydrogen (secondary N) is 3. The number of morpholine rings is 1. The third-order valence-electron chi connectivity index (χ3n) is 7.52. The Bertz CT molecular complexity index is 1400. The molecule has 202 valence electrons. The Morgan fingerprint density at radius 3 is 2.74 bits per heavy atom. The molecular weight excluding hydrogens is 506 g/mol. The van der Waals surface area contributed by atoms with E-state index in [0.717, 1.165) is 80.3 Å². The van der Waals surface area contributed by atoms with Crippen molar-refractivity contribution in [2.24, 2.45) is 0 Å². The Kier molecular flexibility index (Phi) is 8.04. The van der Waals surface area contributed by atoms with E-state index in [1.165, 1.54) is 16.1 Å². The first-order valence-electron chi connectivity index (χ1n) is 13.7. The number of rotatable bonds is 8. The summed E-state index contributed by atoms with van der Waals surface area (Å²) in [7, 11) is 0. The zero-order valence-corrected chi connectivity index (χ0v) is 22.9. The van der Waals surface area contributed by atoms with Gasteiger partial charge in [-0.1, -0.05) is 42.5 Å². The van der Waals surface area contributed by atoms with Gasteiger partial charge in [0.1, 0.15) is 0 Å². The number of fused-ring (bicyclic) bond motifs is 2. The molecule has 0 saturated carbocycles. The first kappa shape index (κ1) is 25.8. The highest BCUT2D eigenvalue weighted by molar-refractivity contribution is 7.99. The summed E-state index contributed by atoms with van der Waals surface area (Å²) in [5.74, 6) is 1.07. The fraction of sp³-hybridized carbons (Fsp3) is 0.323. The number of aromatic amines is 1. The van der Waals surface area contributed by atoms with E-state index in [0.29, 0.717) is 0 Å². The lowest BCUT2D eigenvalue weighted by Gasteiger charge is -2.33. The summed E-state index contributed by atoms with van der Waals surface area (Å²) in [6.07, 6.45) is 2.74. The Hall–Kier alpha value is -3.46. The lowest BCUT2D eigenvalue weighted by atomic mass is 10.0. The molecule has 39 heavy (non-hydrogen) atoms. The SMILES string of the molecule is O=C(Nc1ccc2cc[nH]c2c1)NC(CCN1CCOCC1)c1ccc2c(c1)N(Cc1ccccc1)CCS2. The maximum Gasteiger partial charge on any atom is 0.319 e. The second-order valence-electron chi connectivity index (χ2n) is 10.2. The lowest BCUT2D eigenvalue weighted by Crippen LogP contribution is -2.39. The predicted molar refractivity (Wildman–Crippen MR) is 160 cm³/mol. The molecule has 0 bridgehead atoms. The minimum absolute atomic E-state index is 0.113. The Balaban J connectivity index is 1.22. The van der Waals surface area contributed by atoms with E-state index in [-0.39, 0.29) is 12.1 Å². The van der Waals surface area contributed by atoms with Gasteiger partial charge < -0.3 is 25.3 Å². The number of amides is 2. The highest BCUT2D eigenvalue weighted by Gasteiger charge is 2.23. The number of hydrogen-bond acceptors (Lipinski definition) is 5. The first-order chi connectivity index (χ1) is 19.2. The number of carbonyl (C=O) groups is 1. The van der Waals surface area contributed by atoms with Crippen LogP contribution < -0.4 is 15.5 Å². The minimum atomic E-state index is -0.193. The van der Waals surface area contributed by atoms with Crippen molar-refractivity contribution < 1.29 is 9.53 Å². The van der Waals surface area contributed by atoms with Crippen molar-refractivity contribution in [2.45, 2.75) is 23.9 Å². The zero-order valence-electron chi connectivity index (χ0n) is 22.1. The topological polar surface area (TPSA) is 72.6 Å². The molecule has 3 aromatic carbocycles. The Labute approximate surface area is 233 Å². The monoisotopic (exact) mass is 541 g/mol. The quantitative estimate of drug-likeness (QED) is 0.260. The van der Waals surface area contributed by atoms with Gasteiger partial charge in [-0.25, -0.2) is 4.79 Å². The van der Waals surface area contributed by atoms with Gasteiger partial charge in [0, 0.05) is 60.8 Å². The molecule has 0 radical (unpaired) electrons. The van der Waals surface area contributed by atoms with Gasteiger partial charge >= 0.3 is 6.03 Å². The molecule has 1 aromatic heterocycles. The number of aromatic nitrogens is 1. The van der Waals surface area contributed by atoms with Gasteiger partial charge in [-0.05, 0) is 53.3 Å². The van der Waals surface area contributed by atoms with Crippen LogP contribution in [0.2, 0.25) is 0 Å². The number of urea groups is 1. The van der Waals surface area contributed by atoms with Gasteiger partial charge in [-0.2, -0.15) is 0 Å². The number of hydrogen-bond donors (Lipinski definition) is 3. The second kappa shape index (κ2) is 12.2. The standard InChI is InChI=1S/C31H35N5O2S/c37-31(33-26-8-6-24-10-12-32-28(24)21-26)34-27(11-13-35-14-17-38-18-15-35)25-7-9-30-29(20-25)36(16-19-39-30)22-23-4-2-1-3-5-23/h1-10,12,20-21,27,32H,11,13-19,22H2,(H2,33,34,37). The maximum atomic E-state index is 13.2. The number of ether oxygens (including phenoxy) is 1. The van der Waals surface area contributed by atoms with E-state index in [2.05, 4.69) is 73.9 Å². The molecule has 0 spiro atoms. The third kappa shape index (κ3) is 6.41. The second-order valence-corrected chi connectivity index (χ2v) is 11.3. The van der Waals surface area contributed by atoms with E-state index in [9.17, 15) is 4.79 Å². The number of H-pyrrole nitrogens is 1. The molecule has 1 atom stereocenters. The fourth-order valence-corrected chi connectivity index (χ4v) is 6.42. The lowest BCUT2D eigenvalue weighted by molar-refractivity contribution is 0.0363. The fourth-order valence-electron chi connectivity index (χ4n) is 5.38. The van der Waals surface area contributed by atoms with Gasteiger partial charge in [0.25, 0.3) is 0 Å². The van der Waals surface area contributed by atoms with Crippen molar-refractivity contribution in [1.82, 2.24) is 15.2 Å². The minimum Gasteiger partial charge on any atom is -0.379 e. The molecule has 2 aliphatic rings.